The lowest BCUT2D eigenvalue weighted by Crippen LogP contribution is -2.47. The standard InChI is InChI=1S/C13H23N3O4/c1-2-7-14-11(17)8-15-13(20)16-10-5-3-9(4-6-10)12(18)19/h9-10H,2-8H2,1H3,(H,14,17)(H,18,19)(H2,15,16,20). The zero-order chi connectivity index (χ0) is 15.0. The molecule has 0 bridgehead atoms. The lowest BCUT2D eigenvalue weighted by Gasteiger charge is -2.26. The van der Waals surface area contributed by atoms with Gasteiger partial charge in [0.25, 0.3) is 0 Å². The van der Waals surface area contributed by atoms with Gasteiger partial charge in [0.15, 0.2) is 0 Å². The Bertz CT molecular complexity index is 352. The smallest absolute Gasteiger partial charge is 0.315 e. The maximum absolute atomic E-state index is 11.6. The van der Waals surface area contributed by atoms with E-state index in [0.29, 0.717) is 32.2 Å². The molecule has 1 aliphatic carbocycles. The SMILES string of the molecule is CCCNC(=O)CNC(=O)NC1CCC(C(=O)O)CC1. The summed E-state index contributed by atoms with van der Waals surface area (Å²) in [5.41, 5.74) is 0. The largest absolute Gasteiger partial charge is 0.481 e. The molecule has 3 amide bonds. The van der Waals surface area contributed by atoms with Crippen LogP contribution in [0, 0.1) is 5.92 Å². The first-order valence-electron chi connectivity index (χ1n) is 7.06. The molecule has 114 valence electrons. The molecule has 1 fully saturated rings. The van der Waals surface area contributed by atoms with E-state index in [9.17, 15) is 14.4 Å². The van der Waals surface area contributed by atoms with Crippen molar-refractivity contribution in [1.82, 2.24) is 16.0 Å². The number of carbonyl (C=O) groups excluding carboxylic acids is 2. The molecule has 0 spiro atoms. The fourth-order valence-corrected chi connectivity index (χ4v) is 2.21. The average Bonchev–Trinajstić information content (AvgIpc) is 2.43. The van der Waals surface area contributed by atoms with Gasteiger partial charge in [0.1, 0.15) is 0 Å². The highest BCUT2D eigenvalue weighted by molar-refractivity contribution is 5.83. The molecule has 0 aromatic carbocycles. The van der Waals surface area contributed by atoms with Gasteiger partial charge < -0.3 is 21.1 Å². The number of carbonyl (C=O) groups is 3. The summed E-state index contributed by atoms with van der Waals surface area (Å²) < 4.78 is 0. The molecule has 7 nitrogen and oxygen atoms in total. The van der Waals surface area contributed by atoms with Crippen LogP contribution in [0.25, 0.3) is 0 Å². The van der Waals surface area contributed by atoms with Crippen LogP contribution in [0.3, 0.4) is 0 Å². The number of hydrogen-bond donors (Lipinski definition) is 4. The summed E-state index contributed by atoms with van der Waals surface area (Å²) in [5.74, 6) is -1.27. The third-order valence-electron chi connectivity index (χ3n) is 3.39. The average molecular weight is 285 g/mol. The molecule has 0 saturated heterocycles. The van der Waals surface area contributed by atoms with E-state index in [0.717, 1.165) is 6.42 Å². The Morgan fingerprint density at radius 3 is 2.30 bits per heavy atom. The number of carboxylic acid groups (broad SMARTS) is 1. The second kappa shape index (κ2) is 8.39. The van der Waals surface area contributed by atoms with Crippen molar-refractivity contribution < 1.29 is 19.5 Å². The van der Waals surface area contributed by atoms with Gasteiger partial charge in [-0.1, -0.05) is 6.92 Å². The van der Waals surface area contributed by atoms with Gasteiger partial charge in [-0.2, -0.15) is 0 Å². The number of carboxylic acids is 1. The molecule has 0 aromatic heterocycles. The molecule has 1 saturated carbocycles. The van der Waals surface area contributed by atoms with Crippen LogP contribution in [0.15, 0.2) is 0 Å². The van der Waals surface area contributed by atoms with Gasteiger partial charge >= 0.3 is 12.0 Å². The zero-order valence-corrected chi connectivity index (χ0v) is 11.8. The molecule has 0 heterocycles. The number of rotatable bonds is 6. The second-order valence-electron chi connectivity index (χ2n) is 5.06. The van der Waals surface area contributed by atoms with Gasteiger partial charge in [0.2, 0.25) is 5.91 Å². The Morgan fingerprint density at radius 1 is 1.10 bits per heavy atom. The minimum absolute atomic E-state index is 0.00990. The molecule has 0 radical (unpaired) electrons. The Morgan fingerprint density at radius 2 is 1.75 bits per heavy atom. The van der Waals surface area contributed by atoms with Crippen molar-refractivity contribution in [3.8, 4) is 0 Å². The summed E-state index contributed by atoms with van der Waals surface area (Å²) in [6, 6.07) is -0.389. The summed E-state index contributed by atoms with van der Waals surface area (Å²) in [5, 5.41) is 16.8. The summed E-state index contributed by atoms with van der Waals surface area (Å²) in [7, 11) is 0. The number of amides is 3. The van der Waals surface area contributed by atoms with Crippen LogP contribution < -0.4 is 16.0 Å². The number of aliphatic carboxylic acids is 1. The molecule has 0 unspecified atom stereocenters. The molecule has 1 aliphatic rings. The monoisotopic (exact) mass is 285 g/mol. The predicted octanol–water partition coefficient (Wildman–Crippen LogP) is 0.455. The van der Waals surface area contributed by atoms with Crippen LogP contribution in [0.5, 0.6) is 0 Å². The molecule has 7 heteroatoms. The molecular weight excluding hydrogens is 262 g/mol. The molecular formula is C13H23N3O4. The fraction of sp³-hybridized carbons (Fsp3) is 0.769. The van der Waals surface area contributed by atoms with Gasteiger partial charge in [0.05, 0.1) is 12.5 Å². The highest BCUT2D eigenvalue weighted by atomic mass is 16.4. The van der Waals surface area contributed by atoms with Crippen LogP contribution >= 0.6 is 0 Å². The first-order chi connectivity index (χ1) is 9.52. The quantitative estimate of drug-likeness (QED) is 0.568. The molecule has 1 rings (SSSR count). The van der Waals surface area contributed by atoms with Crippen LogP contribution in [-0.4, -0.2) is 42.1 Å². The lowest BCUT2D eigenvalue weighted by molar-refractivity contribution is -0.142. The first-order valence-corrected chi connectivity index (χ1v) is 7.06. The summed E-state index contributed by atoms with van der Waals surface area (Å²) in [6.45, 7) is 2.51. The lowest BCUT2D eigenvalue weighted by atomic mass is 9.86. The van der Waals surface area contributed by atoms with Crippen molar-refractivity contribution >= 4 is 17.9 Å². The van der Waals surface area contributed by atoms with Crippen molar-refractivity contribution in [1.29, 1.82) is 0 Å². The minimum atomic E-state index is -0.763. The first kappa shape index (κ1) is 16.3. The van der Waals surface area contributed by atoms with E-state index >= 15 is 0 Å². The normalized spacial score (nSPS) is 21.9. The van der Waals surface area contributed by atoms with Gasteiger partial charge in [-0.25, -0.2) is 4.79 Å². The van der Waals surface area contributed by atoms with Gasteiger partial charge in [0, 0.05) is 12.6 Å². The Kier molecular flexibility index (Phi) is 6.83. The highest BCUT2D eigenvalue weighted by Gasteiger charge is 2.26. The van der Waals surface area contributed by atoms with E-state index in [4.69, 9.17) is 5.11 Å². The van der Waals surface area contributed by atoms with E-state index in [2.05, 4.69) is 16.0 Å². The summed E-state index contributed by atoms with van der Waals surface area (Å²) in [4.78, 5) is 33.7. The van der Waals surface area contributed by atoms with E-state index in [1.807, 2.05) is 6.92 Å². The minimum Gasteiger partial charge on any atom is -0.481 e. The van der Waals surface area contributed by atoms with Gasteiger partial charge in [-0.05, 0) is 32.1 Å². The summed E-state index contributed by atoms with van der Waals surface area (Å²) in [6.07, 6.45) is 3.33. The van der Waals surface area contributed by atoms with Crippen molar-refractivity contribution in [3.05, 3.63) is 0 Å². The van der Waals surface area contributed by atoms with Crippen molar-refractivity contribution in [3.63, 3.8) is 0 Å². The molecule has 0 aromatic rings. The van der Waals surface area contributed by atoms with Crippen molar-refractivity contribution in [2.75, 3.05) is 13.1 Å². The van der Waals surface area contributed by atoms with E-state index in [-0.39, 0.29) is 30.4 Å². The van der Waals surface area contributed by atoms with Crippen LogP contribution in [0.4, 0.5) is 4.79 Å². The van der Waals surface area contributed by atoms with E-state index in [1.165, 1.54) is 0 Å². The van der Waals surface area contributed by atoms with Crippen LogP contribution in [-0.2, 0) is 9.59 Å². The molecule has 0 aliphatic heterocycles. The second-order valence-corrected chi connectivity index (χ2v) is 5.06. The van der Waals surface area contributed by atoms with Gasteiger partial charge in [-0.15, -0.1) is 0 Å². The predicted molar refractivity (Wildman–Crippen MR) is 73.2 cm³/mol. The topological polar surface area (TPSA) is 108 Å². The third-order valence-corrected chi connectivity index (χ3v) is 3.39. The van der Waals surface area contributed by atoms with Crippen molar-refractivity contribution in [2.24, 2.45) is 5.92 Å². The summed E-state index contributed by atoms with van der Waals surface area (Å²) >= 11 is 0. The zero-order valence-electron chi connectivity index (χ0n) is 11.8. The van der Waals surface area contributed by atoms with Crippen LogP contribution in [0.2, 0.25) is 0 Å². The molecule has 4 N–H and O–H groups in total. The van der Waals surface area contributed by atoms with Gasteiger partial charge in [-0.3, -0.25) is 9.59 Å². The number of urea groups is 1. The maximum Gasteiger partial charge on any atom is 0.315 e. The van der Waals surface area contributed by atoms with E-state index < -0.39 is 5.97 Å². The Balaban J connectivity index is 2.17. The number of nitrogens with one attached hydrogen (secondary N) is 3. The van der Waals surface area contributed by atoms with Crippen LogP contribution in [0.1, 0.15) is 39.0 Å². The molecule has 20 heavy (non-hydrogen) atoms. The molecule has 0 atom stereocenters. The maximum atomic E-state index is 11.6. The Labute approximate surface area is 118 Å². The fourth-order valence-electron chi connectivity index (χ4n) is 2.21. The Hall–Kier alpha value is -1.79. The van der Waals surface area contributed by atoms with E-state index in [1.54, 1.807) is 0 Å². The highest BCUT2D eigenvalue weighted by Crippen LogP contribution is 2.24. The van der Waals surface area contributed by atoms with Crippen molar-refractivity contribution in [2.45, 2.75) is 45.1 Å². The third kappa shape index (κ3) is 5.90. The number of hydrogen-bond acceptors (Lipinski definition) is 3.